The molecule has 0 spiro atoms. The van der Waals surface area contributed by atoms with Gasteiger partial charge >= 0.3 is 0 Å². The predicted molar refractivity (Wildman–Crippen MR) is 76.3 cm³/mol. The molecule has 0 aromatic heterocycles. The molecular formula is C15H21FN2O2. The summed E-state index contributed by atoms with van der Waals surface area (Å²) in [4.78, 5) is 12.6. The molecule has 0 radical (unpaired) electrons. The molecule has 1 atom stereocenters. The Morgan fingerprint density at radius 1 is 1.50 bits per heavy atom. The summed E-state index contributed by atoms with van der Waals surface area (Å²) in [7, 11) is 1.40. The van der Waals surface area contributed by atoms with Gasteiger partial charge in [0.2, 0.25) is 5.91 Å². The van der Waals surface area contributed by atoms with E-state index in [1.54, 1.807) is 6.07 Å². The number of amides is 1. The van der Waals surface area contributed by atoms with Crippen molar-refractivity contribution >= 4 is 11.6 Å². The number of halogens is 1. The lowest BCUT2D eigenvalue weighted by atomic mass is 9.75. The number of ether oxygens (including phenoxy) is 1. The summed E-state index contributed by atoms with van der Waals surface area (Å²) in [6.07, 6.45) is 0.814. The van der Waals surface area contributed by atoms with Crippen molar-refractivity contribution in [2.75, 3.05) is 25.5 Å². The zero-order valence-electron chi connectivity index (χ0n) is 12.1. The topological polar surface area (TPSA) is 50.4 Å². The Kier molecular flexibility index (Phi) is 4.28. The van der Waals surface area contributed by atoms with Crippen LogP contribution in [0.5, 0.6) is 5.75 Å². The number of rotatable bonds is 4. The van der Waals surface area contributed by atoms with Gasteiger partial charge in [0.15, 0.2) is 11.6 Å². The minimum Gasteiger partial charge on any atom is -0.494 e. The van der Waals surface area contributed by atoms with E-state index in [0.717, 1.165) is 13.0 Å². The van der Waals surface area contributed by atoms with Crippen molar-refractivity contribution in [3.05, 3.63) is 24.0 Å². The van der Waals surface area contributed by atoms with Gasteiger partial charge in [0.25, 0.3) is 0 Å². The van der Waals surface area contributed by atoms with Gasteiger partial charge in [-0.15, -0.1) is 0 Å². The molecule has 1 saturated heterocycles. The number of hydrogen-bond donors (Lipinski definition) is 2. The Morgan fingerprint density at radius 2 is 2.25 bits per heavy atom. The van der Waals surface area contributed by atoms with Crippen molar-refractivity contribution in [3.63, 3.8) is 0 Å². The van der Waals surface area contributed by atoms with Crippen LogP contribution in [0.2, 0.25) is 0 Å². The van der Waals surface area contributed by atoms with Crippen molar-refractivity contribution in [1.29, 1.82) is 0 Å². The monoisotopic (exact) mass is 280 g/mol. The first kappa shape index (κ1) is 14.8. The number of nitrogens with one attached hydrogen (secondary N) is 2. The van der Waals surface area contributed by atoms with Gasteiger partial charge in [-0.05, 0) is 31.0 Å². The third-order valence-electron chi connectivity index (χ3n) is 4.15. The molecule has 2 N–H and O–H groups in total. The Hall–Kier alpha value is -1.62. The summed E-state index contributed by atoms with van der Waals surface area (Å²) in [5.41, 5.74) is 0.155. The maximum atomic E-state index is 13.4. The Balaban J connectivity index is 2.18. The number of anilines is 1. The van der Waals surface area contributed by atoms with Gasteiger partial charge in [-0.25, -0.2) is 4.39 Å². The maximum Gasteiger partial charge on any atom is 0.232 e. The quantitative estimate of drug-likeness (QED) is 0.890. The van der Waals surface area contributed by atoms with Gasteiger partial charge in [0.1, 0.15) is 0 Å². The second kappa shape index (κ2) is 5.79. The first-order valence-electron chi connectivity index (χ1n) is 6.85. The molecule has 1 aliphatic heterocycles. The van der Waals surface area contributed by atoms with Gasteiger partial charge in [-0.2, -0.15) is 0 Å². The summed E-state index contributed by atoms with van der Waals surface area (Å²) in [6.45, 7) is 5.63. The van der Waals surface area contributed by atoms with E-state index in [0.29, 0.717) is 12.2 Å². The largest absolute Gasteiger partial charge is 0.494 e. The van der Waals surface area contributed by atoms with Crippen molar-refractivity contribution in [2.24, 2.45) is 11.3 Å². The standard InChI is InChI=1S/C15H21FN2O2/c1-10(2)15(6-7-17-9-15)14(19)18-11-4-5-12(16)13(8-11)20-3/h4-5,8,10,17H,6-7,9H2,1-3H3,(H,18,19). The molecule has 0 saturated carbocycles. The van der Waals surface area contributed by atoms with E-state index in [-0.39, 0.29) is 17.6 Å². The molecule has 1 heterocycles. The van der Waals surface area contributed by atoms with Gasteiger partial charge < -0.3 is 15.4 Å². The van der Waals surface area contributed by atoms with E-state index >= 15 is 0 Å². The van der Waals surface area contributed by atoms with Crippen LogP contribution in [-0.2, 0) is 4.79 Å². The Labute approximate surface area is 118 Å². The zero-order chi connectivity index (χ0) is 14.8. The molecule has 110 valence electrons. The van der Waals surface area contributed by atoms with E-state index in [1.807, 2.05) is 0 Å². The normalized spacial score (nSPS) is 22.1. The Bertz CT molecular complexity index is 497. The van der Waals surface area contributed by atoms with Crippen LogP contribution in [0.3, 0.4) is 0 Å². The highest BCUT2D eigenvalue weighted by Crippen LogP contribution is 2.35. The van der Waals surface area contributed by atoms with Crippen LogP contribution in [0, 0.1) is 17.2 Å². The first-order chi connectivity index (χ1) is 9.49. The van der Waals surface area contributed by atoms with Crippen LogP contribution >= 0.6 is 0 Å². The minimum atomic E-state index is -0.438. The molecular weight excluding hydrogens is 259 g/mol. The van der Waals surface area contributed by atoms with E-state index in [9.17, 15) is 9.18 Å². The fourth-order valence-corrected chi connectivity index (χ4v) is 2.65. The molecule has 1 aliphatic rings. The maximum absolute atomic E-state index is 13.4. The highest BCUT2D eigenvalue weighted by atomic mass is 19.1. The van der Waals surface area contributed by atoms with E-state index in [2.05, 4.69) is 24.5 Å². The molecule has 1 aromatic carbocycles. The fraction of sp³-hybridized carbons (Fsp3) is 0.533. The highest BCUT2D eigenvalue weighted by molar-refractivity contribution is 5.96. The number of methoxy groups -OCH3 is 1. The molecule has 20 heavy (non-hydrogen) atoms. The molecule has 1 aromatic rings. The first-order valence-corrected chi connectivity index (χ1v) is 6.85. The van der Waals surface area contributed by atoms with Crippen LogP contribution in [0.4, 0.5) is 10.1 Å². The average molecular weight is 280 g/mol. The second-order valence-electron chi connectivity index (χ2n) is 5.54. The van der Waals surface area contributed by atoms with Crippen molar-refractivity contribution < 1.29 is 13.9 Å². The van der Waals surface area contributed by atoms with E-state index in [1.165, 1.54) is 19.2 Å². The lowest BCUT2D eigenvalue weighted by Gasteiger charge is -2.31. The Morgan fingerprint density at radius 3 is 2.80 bits per heavy atom. The molecule has 5 heteroatoms. The van der Waals surface area contributed by atoms with Crippen LogP contribution in [0.15, 0.2) is 18.2 Å². The van der Waals surface area contributed by atoms with Crippen LogP contribution in [0.25, 0.3) is 0 Å². The molecule has 0 bridgehead atoms. The summed E-state index contributed by atoms with van der Waals surface area (Å²) in [5.74, 6) is -0.0939. The number of hydrogen-bond acceptors (Lipinski definition) is 3. The molecule has 2 rings (SSSR count). The third-order valence-corrected chi connectivity index (χ3v) is 4.15. The van der Waals surface area contributed by atoms with Crippen molar-refractivity contribution in [3.8, 4) is 5.75 Å². The minimum absolute atomic E-state index is 0.0221. The summed E-state index contributed by atoms with van der Waals surface area (Å²) < 4.78 is 18.3. The molecule has 1 fully saturated rings. The van der Waals surface area contributed by atoms with Crippen LogP contribution in [-0.4, -0.2) is 26.1 Å². The predicted octanol–water partition coefficient (Wildman–Crippen LogP) is 2.41. The lowest BCUT2D eigenvalue weighted by molar-refractivity contribution is -0.126. The fourth-order valence-electron chi connectivity index (χ4n) is 2.65. The summed E-state index contributed by atoms with van der Waals surface area (Å²) in [6, 6.07) is 4.35. The van der Waals surface area contributed by atoms with E-state index in [4.69, 9.17) is 4.74 Å². The van der Waals surface area contributed by atoms with Crippen LogP contribution in [0.1, 0.15) is 20.3 Å². The molecule has 1 unspecified atom stereocenters. The number of carbonyl (C=O) groups excluding carboxylic acids is 1. The summed E-state index contributed by atoms with van der Waals surface area (Å²) in [5, 5.41) is 6.13. The van der Waals surface area contributed by atoms with Crippen molar-refractivity contribution in [1.82, 2.24) is 5.32 Å². The SMILES string of the molecule is COc1cc(NC(=O)C2(C(C)C)CCNC2)ccc1F. The van der Waals surface area contributed by atoms with Gasteiger partial charge in [0.05, 0.1) is 12.5 Å². The van der Waals surface area contributed by atoms with Gasteiger partial charge in [-0.3, -0.25) is 4.79 Å². The summed E-state index contributed by atoms with van der Waals surface area (Å²) >= 11 is 0. The van der Waals surface area contributed by atoms with Crippen LogP contribution < -0.4 is 15.4 Å². The lowest BCUT2D eigenvalue weighted by Crippen LogP contribution is -2.42. The molecule has 0 aliphatic carbocycles. The second-order valence-corrected chi connectivity index (χ2v) is 5.54. The number of carbonyl (C=O) groups is 1. The average Bonchev–Trinajstić information content (AvgIpc) is 2.91. The number of benzene rings is 1. The zero-order valence-corrected chi connectivity index (χ0v) is 12.1. The van der Waals surface area contributed by atoms with Gasteiger partial charge in [0, 0.05) is 18.3 Å². The third kappa shape index (κ3) is 2.63. The van der Waals surface area contributed by atoms with Crippen molar-refractivity contribution in [2.45, 2.75) is 20.3 Å². The van der Waals surface area contributed by atoms with E-state index < -0.39 is 11.2 Å². The smallest absolute Gasteiger partial charge is 0.232 e. The van der Waals surface area contributed by atoms with Gasteiger partial charge in [-0.1, -0.05) is 13.8 Å². The highest BCUT2D eigenvalue weighted by Gasteiger charge is 2.43. The molecule has 1 amide bonds. The molecule has 4 nitrogen and oxygen atoms in total.